The first-order valence-electron chi connectivity index (χ1n) is 9.62. The van der Waals surface area contributed by atoms with Gasteiger partial charge in [0.1, 0.15) is 11.5 Å². The molecule has 5 nitrogen and oxygen atoms in total. The van der Waals surface area contributed by atoms with Crippen LogP contribution in [-0.4, -0.2) is 29.1 Å². The molecule has 5 heteroatoms. The van der Waals surface area contributed by atoms with E-state index >= 15 is 0 Å². The van der Waals surface area contributed by atoms with E-state index in [1.54, 1.807) is 18.2 Å². The van der Waals surface area contributed by atoms with Gasteiger partial charge in [0, 0.05) is 12.0 Å². The van der Waals surface area contributed by atoms with Crippen LogP contribution in [0, 0.1) is 11.8 Å². The van der Waals surface area contributed by atoms with Gasteiger partial charge in [0.25, 0.3) is 0 Å². The van der Waals surface area contributed by atoms with Crippen LogP contribution in [0.15, 0.2) is 42.5 Å². The summed E-state index contributed by atoms with van der Waals surface area (Å²) < 4.78 is 4.91. The van der Waals surface area contributed by atoms with E-state index in [4.69, 9.17) is 4.74 Å². The largest absolute Gasteiger partial charge is 0.508 e. The average molecular weight is 382 g/mol. The summed E-state index contributed by atoms with van der Waals surface area (Å²) in [6.45, 7) is 1.87. The predicted octanol–water partition coefficient (Wildman–Crippen LogP) is 4.22. The van der Waals surface area contributed by atoms with E-state index in [1.807, 2.05) is 19.1 Å². The fourth-order valence-corrected chi connectivity index (χ4v) is 3.80. The molecule has 0 unspecified atom stereocenters. The number of phenolic OH excluding ortho intramolecular Hbond substituents is 2. The topological polar surface area (TPSA) is 83.8 Å². The van der Waals surface area contributed by atoms with Crippen molar-refractivity contribution in [1.82, 2.24) is 0 Å². The fourth-order valence-electron chi connectivity index (χ4n) is 3.80. The number of carbonyl (C=O) groups is 2. The summed E-state index contributed by atoms with van der Waals surface area (Å²) in [5, 5.41) is 19.8. The van der Waals surface area contributed by atoms with Crippen LogP contribution >= 0.6 is 0 Å². The second kappa shape index (κ2) is 8.46. The molecule has 2 atom stereocenters. The summed E-state index contributed by atoms with van der Waals surface area (Å²) in [5.41, 5.74) is 2.18. The third-order valence-electron chi connectivity index (χ3n) is 5.55. The second-order valence-electron chi connectivity index (χ2n) is 7.53. The number of ketones is 1. The van der Waals surface area contributed by atoms with Crippen molar-refractivity contribution < 1.29 is 24.5 Å². The normalized spacial score (nSPS) is 15.6. The van der Waals surface area contributed by atoms with Gasteiger partial charge in [0.15, 0.2) is 5.78 Å². The van der Waals surface area contributed by atoms with Gasteiger partial charge in [-0.25, -0.2) is 0 Å². The standard InChI is InChI=1S/C23H26O5/c1-14(23(27)28-2)22(17-4-5-17)18-6-3-16(21(26)13-18)9-12-20(25)15-7-10-19(24)11-8-15/h3,6-8,10-11,13-14,17,22,24,26H,4-5,9,12H2,1-2H3/t14-,22-/m0/s1. The van der Waals surface area contributed by atoms with Crippen molar-refractivity contribution in [2.75, 3.05) is 7.11 Å². The molecule has 0 saturated heterocycles. The fraction of sp³-hybridized carbons (Fsp3) is 0.391. The third kappa shape index (κ3) is 4.53. The van der Waals surface area contributed by atoms with E-state index < -0.39 is 0 Å². The minimum Gasteiger partial charge on any atom is -0.508 e. The van der Waals surface area contributed by atoms with Gasteiger partial charge in [-0.3, -0.25) is 9.59 Å². The van der Waals surface area contributed by atoms with Crippen molar-refractivity contribution in [2.45, 2.75) is 38.5 Å². The Labute approximate surface area is 165 Å². The first kappa shape index (κ1) is 19.9. The molecule has 28 heavy (non-hydrogen) atoms. The first-order valence-corrected chi connectivity index (χ1v) is 9.62. The molecule has 1 aliphatic carbocycles. The summed E-state index contributed by atoms with van der Waals surface area (Å²) in [5.74, 6) is 0.203. The zero-order valence-corrected chi connectivity index (χ0v) is 16.2. The van der Waals surface area contributed by atoms with Crippen LogP contribution in [0.3, 0.4) is 0 Å². The maximum Gasteiger partial charge on any atom is 0.309 e. The van der Waals surface area contributed by atoms with Crippen LogP contribution in [0.4, 0.5) is 0 Å². The highest BCUT2D eigenvalue weighted by Crippen LogP contribution is 2.47. The predicted molar refractivity (Wildman–Crippen MR) is 106 cm³/mol. The molecule has 0 heterocycles. The summed E-state index contributed by atoms with van der Waals surface area (Å²) in [4.78, 5) is 24.3. The van der Waals surface area contributed by atoms with Gasteiger partial charge < -0.3 is 14.9 Å². The molecule has 0 aliphatic heterocycles. The van der Waals surface area contributed by atoms with Crippen molar-refractivity contribution in [3.05, 3.63) is 59.2 Å². The number of hydrogen-bond donors (Lipinski definition) is 2. The highest BCUT2D eigenvalue weighted by atomic mass is 16.5. The summed E-state index contributed by atoms with van der Waals surface area (Å²) in [6, 6.07) is 11.7. The van der Waals surface area contributed by atoms with Crippen molar-refractivity contribution in [3.63, 3.8) is 0 Å². The molecule has 2 N–H and O–H groups in total. The molecule has 2 aromatic rings. The Hall–Kier alpha value is -2.82. The van der Waals surface area contributed by atoms with Gasteiger partial charge in [0.2, 0.25) is 0 Å². The number of methoxy groups -OCH3 is 1. The van der Waals surface area contributed by atoms with E-state index in [1.165, 1.54) is 19.2 Å². The zero-order chi connectivity index (χ0) is 20.3. The Bertz CT molecular complexity index is 852. The molecule has 1 saturated carbocycles. The Morgan fingerprint density at radius 2 is 1.79 bits per heavy atom. The lowest BCUT2D eigenvalue weighted by atomic mass is 9.82. The second-order valence-corrected chi connectivity index (χ2v) is 7.53. The van der Waals surface area contributed by atoms with Crippen LogP contribution < -0.4 is 0 Å². The Morgan fingerprint density at radius 3 is 2.36 bits per heavy atom. The van der Waals surface area contributed by atoms with Gasteiger partial charge in [0.05, 0.1) is 13.0 Å². The molecule has 3 rings (SSSR count). The number of carbonyl (C=O) groups excluding carboxylic acids is 2. The molecule has 1 aliphatic rings. The monoisotopic (exact) mass is 382 g/mol. The minimum absolute atomic E-state index is 0.0334. The van der Waals surface area contributed by atoms with E-state index in [0.717, 1.165) is 18.4 Å². The summed E-state index contributed by atoms with van der Waals surface area (Å²) in [7, 11) is 1.40. The summed E-state index contributed by atoms with van der Waals surface area (Å²) >= 11 is 0. The van der Waals surface area contributed by atoms with Crippen LogP contribution in [-0.2, 0) is 16.0 Å². The zero-order valence-electron chi connectivity index (χ0n) is 16.2. The van der Waals surface area contributed by atoms with Crippen molar-refractivity contribution in [1.29, 1.82) is 0 Å². The number of Topliss-reactive ketones (excluding diaryl/α,β-unsaturated/α-hetero) is 1. The SMILES string of the molecule is COC(=O)[C@@H](C)[C@H](c1ccc(CCC(=O)c2ccc(O)cc2)c(O)c1)C1CC1. The van der Waals surface area contributed by atoms with Crippen molar-refractivity contribution >= 4 is 11.8 Å². The van der Waals surface area contributed by atoms with Crippen molar-refractivity contribution in [2.24, 2.45) is 11.8 Å². The van der Waals surface area contributed by atoms with Crippen LogP contribution in [0.1, 0.15) is 53.6 Å². The highest BCUT2D eigenvalue weighted by Gasteiger charge is 2.39. The number of aromatic hydroxyl groups is 2. The quantitative estimate of drug-likeness (QED) is 0.528. The molecule has 1 fully saturated rings. The maximum absolute atomic E-state index is 12.3. The lowest BCUT2D eigenvalue weighted by Crippen LogP contribution is -2.22. The number of phenols is 2. The Kier molecular flexibility index (Phi) is 6.02. The van der Waals surface area contributed by atoms with Gasteiger partial charge in [-0.15, -0.1) is 0 Å². The first-order chi connectivity index (χ1) is 13.4. The maximum atomic E-state index is 12.3. The molecular weight excluding hydrogens is 356 g/mol. The van der Waals surface area contributed by atoms with E-state index in [0.29, 0.717) is 23.5 Å². The van der Waals surface area contributed by atoms with E-state index in [2.05, 4.69) is 0 Å². The average Bonchev–Trinajstić information content (AvgIpc) is 3.52. The molecule has 0 aromatic heterocycles. The van der Waals surface area contributed by atoms with Gasteiger partial charge >= 0.3 is 5.97 Å². The number of rotatable bonds is 8. The lowest BCUT2D eigenvalue weighted by molar-refractivity contribution is -0.145. The van der Waals surface area contributed by atoms with Gasteiger partial charge in [-0.05, 0) is 72.6 Å². The molecular formula is C23H26O5. The number of hydrogen-bond acceptors (Lipinski definition) is 5. The van der Waals surface area contributed by atoms with Crippen LogP contribution in [0.25, 0.3) is 0 Å². The number of aryl methyl sites for hydroxylation is 1. The molecule has 0 bridgehead atoms. The van der Waals surface area contributed by atoms with Crippen LogP contribution in [0.5, 0.6) is 11.5 Å². The summed E-state index contributed by atoms with van der Waals surface area (Å²) in [6.07, 6.45) is 2.85. The van der Waals surface area contributed by atoms with E-state index in [-0.39, 0.29) is 41.5 Å². The van der Waals surface area contributed by atoms with Gasteiger partial charge in [-0.2, -0.15) is 0 Å². The Morgan fingerprint density at radius 1 is 1.11 bits per heavy atom. The number of ether oxygens (including phenoxy) is 1. The molecule has 0 radical (unpaired) electrons. The van der Waals surface area contributed by atoms with E-state index in [9.17, 15) is 19.8 Å². The highest BCUT2D eigenvalue weighted by molar-refractivity contribution is 5.96. The molecule has 0 spiro atoms. The smallest absolute Gasteiger partial charge is 0.309 e. The lowest BCUT2D eigenvalue weighted by Gasteiger charge is -2.23. The number of benzene rings is 2. The third-order valence-corrected chi connectivity index (χ3v) is 5.55. The van der Waals surface area contributed by atoms with Crippen LogP contribution in [0.2, 0.25) is 0 Å². The molecule has 148 valence electrons. The minimum atomic E-state index is -0.265. The van der Waals surface area contributed by atoms with Crippen molar-refractivity contribution in [3.8, 4) is 11.5 Å². The molecule has 0 amide bonds. The number of esters is 1. The molecule has 2 aromatic carbocycles. The van der Waals surface area contributed by atoms with Gasteiger partial charge in [-0.1, -0.05) is 19.1 Å². The Balaban J connectivity index is 1.70.